The predicted octanol–water partition coefficient (Wildman–Crippen LogP) is 3.36. The second-order valence-corrected chi connectivity index (χ2v) is 8.01. The van der Waals surface area contributed by atoms with E-state index in [4.69, 9.17) is 23.2 Å². The molecule has 2 N–H and O–H groups in total. The summed E-state index contributed by atoms with van der Waals surface area (Å²) < 4.78 is 26.9. The van der Waals surface area contributed by atoms with Crippen molar-refractivity contribution in [3.8, 4) is 0 Å². The van der Waals surface area contributed by atoms with Gasteiger partial charge in [0.1, 0.15) is 0 Å². The molecule has 0 aromatic heterocycles. The summed E-state index contributed by atoms with van der Waals surface area (Å²) in [6.07, 6.45) is 0. The van der Waals surface area contributed by atoms with Crippen LogP contribution in [0.2, 0.25) is 10.0 Å². The Labute approximate surface area is 157 Å². The van der Waals surface area contributed by atoms with Crippen molar-refractivity contribution in [2.24, 2.45) is 0 Å². The highest BCUT2D eigenvalue weighted by atomic mass is 35.5. The standard InChI is InChI=1S/C17H18Cl2N2O3S/c1-2-20-17(22)14-6-3-12(4-7-14)10-21-25(23,24)11-13-5-8-15(18)16(19)9-13/h3-9,21H,2,10-11H2,1H3,(H,20,22). The molecule has 0 saturated carbocycles. The largest absolute Gasteiger partial charge is 0.352 e. The fourth-order valence-corrected chi connectivity index (χ4v) is 3.56. The first-order valence-electron chi connectivity index (χ1n) is 7.59. The van der Waals surface area contributed by atoms with Gasteiger partial charge in [0.2, 0.25) is 10.0 Å². The van der Waals surface area contributed by atoms with Gasteiger partial charge in [-0.25, -0.2) is 13.1 Å². The molecule has 5 nitrogen and oxygen atoms in total. The zero-order chi connectivity index (χ0) is 18.4. The summed E-state index contributed by atoms with van der Waals surface area (Å²) >= 11 is 11.7. The number of halogens is 2. The number of carbonyl (C=O) groups excluding carboxylic acids is 1. The summed E-state index contributed by atoms with van der Waals surface area (Å²) in [5.41, 5.74) is 1.84. The van der Waals surface area contributed by atoms with E-state index in [0.717, 1.165) is 5.56 Å². The van der Waals surface area contributed by atoms with Crippen LogP contribution in [0.3, 0.4) is 0 Å². The maximum Gasteiger partial charge on any atom is 0.251 e. The molecule has 1 amide bonds. The fraction of sp³-hybridized carbons (Fsp3) is 0.235. The third kappa shape index (κ3) is 6.01. The van der Waals surface area contributed by atoms with Crippen LogP contribution in [0, 0.1) is 0 Å². The number of amides is 1. The van der Waals surface area contributed by atoms with Gasteiger partial charge in [-0.2, -0.15) is 0 Å². The van der Waals surface area contributed by atoms with Gasteiger partial charge in [-0.15, -0.1) is 0 Å². The van der Waals surface area contributed by atoms with Crippen LogP contribution in [0.5, 0.6) is 0 Å². The first-order chi connectivity index (χ1) is 11.8. The molecule has 8 heteroatoms. The zero-order valence-corrected chi connectivity index (χ0v) is 15.9. The predicted molar refractivity (Wildman–Crippen MR) is 100 cm³/mol. The molecule has 0 bridgehead atoms. The maximum absolute atomic E-state index is 12.2. The normalized spacial score (nSPS) is 11.3. The van der Waals surface area contributed by atoms with E-state index in [1.54, 1.807) is 36.4 Å². The Balaban J connectivity index is 1.97. The molecular weight excluding hydrogens is 383 g/mol. The molecule has 0 radical (unpaired) electrons. The smallest absolute Gasteiger partial charge is 0.251 e. The number of nitrogens with one attached hydrogen (secondary N) is 2. The van der Waals surface area contributed by atoms with Gasteiger partial charge < -0.3 is 5.32 Å². The lowest BCUT2D eigenvalue weighted by molar-refractivity contribution is 0.0956. The Hall–Kier alpha value is -1.60. The summed E-state index contributed by atoms with van der Waals surface area (Å²) in [5.74, 6) is -0.352. The summed E-state index contributed by atoms with van der Waals surface area (Å²) in [4.78, 5) is 11.7. The highest BCUT2D eigenvalue weighted by Gasteiger charge is 2.13. The molecule has 2 aromatic carbocycles. The summed E-state index contributed by atoms with van der Waals surface area (Å²) in [7, 11) is -3.53. The highest BCUT2D eigenvalue weighted by Crippen LogP contribution is 2.23. The molecule has 0 saturated heterocycles. The molecule has 0 aliphatic rings. The highest BCUT2D eigenvalue weighted by molar-refractivity contribution is 7.88. The van der Waals surface area contributed by atoms with Crippen LogP contribution in [0.25, 0.3) is 0 Å². The minimum atomic E-state index is -3.53. The molecule has 0 unspecified atom stereocenters. The Morgan fingerprint density at radius 3 is 2.24 bits per heavy atom. The first kappa shape index (κ1) is 19.7. The lowest BCUT2D eigenvalue weighted by Gasteiger charge is -2.08. The average Bonchev–Trinajstić information content (AvgIpc) is 2.57. The van der Waals surface area contributed by atoms with Crippen LogP contribution in [-0.4, -0.2) is 20.9 Å². The molecule has 0 aliphatic heterocycles. The first-order valence-corrected chi connectivity index (χ1v) is 10.00. The van der Waals surface area contributed by atoms with Crippen LogP contribution in [0.15, 0.2) is 42.5 Å². The molecule has 2 rings (SSSR count). The summed E-state index contributed by atoms with van der Waals surface area (Å²) in [5, 5.41) is 3.40. The second-order valence-electron chi connectivity index (χ2n) is 5.39. The van der Waals surface area contributed by atoms with Crippen LogP contribution >= 0.6 is 23.2 Å². The molecule has 0 spiro atoms. The van der Waals surface area contributed by atoms with Gasteiger partial charge in [0.25, 0.3) is 5.91 Å². The van der Waals surface area contributed by atoms with Crippen molar-refractivity contribution in [1.29, 1.82) is 0 Å². The molecule has 25 heavy (non-hydrogen) atoms. The van der Waals surface area contributed by atoms with Crippen LogP contribution in [-0.2, 0) is 22.3 Å². The lowest BCUT2D eigenvalue weighted by Crippen LogP contribution is -2.25. The molecule has 0 atom stereocenters. The van der Waals surface area contributed by atoms with E-state index in [1.165, 1.54) is 6.07 Å². The minimum Gasteiger partial charge on any atom is -0.352 e. The van der Waals surface area contributed by atoms with Gasteiger partial charge in [-0.05, 0) is 42.3 Å². The molecule has 0 heterocycles. The average molecular weight is 401 g/mol. The molecule has 0 aliphatic carbocycles. The zero-order valence-electron chi connectivity index (χ0n) is 13.6. The lowest BCUT2D eigenvalue weighted by atomic mass is 10.1. The van der Waals surface area contributed by atoms with Crippen LogP contribution < -0.4 is 10.0 Å². The minimum absolute atomic E-state index is 0.138. The Kier molecular flexibility index (Phi) is 6.84. The van der Waals surface area contributed by atoms with E-state index in [1.807, 2.05) is 6.92 Å². The van der Waals surface area contributed by atoms with E-state index in [0.29, 0.717) is 27.7 Å². The van der Waals surface area contributed by atoms with E-state index in [9.17, 15) is 13.2 Å². The Morgan fingerprint density at radius 2 is 1.64 bits per heavy atom. The van der Waals surface area contributed by atoms with Crippen molar-refractivity contribution in [2.75, 3.05) is 6.54 Å². The number of hydrogen-bond acceptors (Lipinski definition) is 3. The van der Waals surface area contributed by atoms with Crippen molar-refractivity contribution in [3.05, 3.63) is 69.2 Å². The van der Waals surface area contributed by atoms with Crippen LogP contribution in [0.1, 0.15) is 28.4 Å². The van der Waals surface area contributed by atoms with E-state index >= 15 is 0 Å². The topological polar surface area (TPSA) is 75.3 Å². The van der Waals surface area contributed by atoms with E-state index < -0.39 is 10.0 Å². The molecule has 2 aromatic rings. The number of hydrogen-bond donors (Lipinski definition) is 2. The van der Waals surface area contributed by atoms with Crippen LogP contribution in [0.4, 0.5) is 0 Å². The number of carbonyl (C=O) groups is 1. The summed E-state index contributed by atoms with van der Waals surface area (Å²) in [6, 6.07) is 11.5. The van der Waals surface area contributed by atoms with Crippen molar-refractivity contribution >= 4 is 39.1 Å². The van der Waals surface area contributed by atoms with Gasteiger partial charge in [0.05, 0.1) is 15.8 Å². The fourth-order valence-electron chi connectivity index (χ4n) is 2.13. The monoisotopic (exact) mass is 400 g/mol. The Bertz CT molecular complexity index is 853. The SMILES string of the molecule is CCNC(=O)c1ccc(CNS(=O)(=O)Cc2ccc(Cl)c(Cl)c2)cc1. The van der Waals surface area contributed by atoms with E-state index in [-0.39, 0.29) is 18.2 Å². The van der Waals surface area contributed by atoms with Crippen molar-refractivity contribution in [2.45, 2.75) is 19.2 Å². The Morgan fingerprint density at radius 1 is 1.00 bits per heavy atom. The van der Waals surface area contributed by atoms with Crippen molar-refractivity contribution in [3.63, 3.8) is 0 Å². The van der Waals surface area contributed by atoms with Gasteiger partial charge in [-0.3, -0.25) is 4.79 Å². The molecular formula is C17H18Cl2N2O3S. The van der Waals surface area contributed by atoms with Crippen molar-refractivity contribution < 1.29 is 13.2 Å². The van der Waals surface area contributed by atoms with Crippen molar-refractivity contribution in [1.82, 2.24) is 10.0 Å². The van der Waals surface area contributed by atoms with Gasteiger partial charge in [0, 0.05) is 18.7 Å². The molecule has 134 valence electrons. The van der Waals surface area contributed by atoms with E-state index in [2.05, 4.69) is 10.0 Å². The van der Waals surface area contributed by atoms with Gasteiger partial charge >= 0.3 is 0 Å². The number of sulfonamides is 1. The summed E-state index contributed by atoms with van der Waals surface area (Å²) in [6.45, 7) is 2.53. The molecule has 0 fully saturated rings. The third-order valence-electron chi connectivity index (χ3n) is 3.39. The number of rotatable bonds is 7. The third-order valence-corrected chi connectivity index (χ3v) is 5.43. The van der Waals surface area contributed by atoms with Gasteiger partial charge in [-0.1, -0.05) is 41.4 Å². The quantitative estimate of drug-likeness (QED) is 0.747. The van der Waals surface area contributed by atoms with Gasteiger partial charge in [0.15, 0.2) is 0 Å². The second kappa shape index (κ2) is 8.67. The maximum atomic E-state index is 12.2. The number of benzene rings is 2.